The smallest absolute Gasteiger partial charge is 0.235 e. The second-order valence-corrected chi connectivity index (χ2v) is 6.82. The fourth-order valence-corrected chi connectivity index (χ4v) is 2.09. The van der Waals surface area contributed by atoms with Crippen LogP contribution >= 0.6 is 0 Å². The summed E-state index contributed by atoms with van der Waals surface area (Å²) in [5.41, 5.74) is 0.779. The number of nitrogens with one attached hydrogen (secondary N) is 1. The molecule has 0 bridgehead atoms. The molecule has 1 N–H and O–H groups in total. The molecule has 1 amide bonds. The SMILES string of the molecule is CN(CC(=O)NCc1cccnc1-n1cccn1)S(C)(=O)=O. The molecule has 0 aliphatic carbocycles. The zero-order valence-corrected chi connectivity index (χ0v) is 13.1. The Hall–Kier alpha value is -2.26. The van der Waals surface area contributed by atoms with Crippen LogP contribution in [0.15, 0.2) is 36.8 Å². The van der Waals surface area contributed by atoms with Crippen molar-refractivity contribution >= 4 is 15.9 Å². The van der Waals surface area contributed by atoms with Crippen LogP contribution in [0.25, 0.3) is 5.82 Å². The summed E-state index contributed by atoms with van der Waals surface area (Å²) >= 11 is 0. The minimum absolute atomic E-state index is 0.226. The van der Waals surface area contributed by atoms with Crippen LogP contribution in [0.5, 0.6) is 0 Å². The predicted molar refractivity (Wildman–Crippen MR) is 80.7 cm³/mol. The highest BCUT2D eigenvalue weighted by Gasteiger charge is 2.15. The van der Waals surface area contributed by atoms with Crippen LogP contribution in [-0.4, -0.2) is 53.2 Å². The van der Waals surface area contributed by atoms with Gasteiger partial charge < -0.3 is 5.32 Å². The number of carbonyl (C=O) groups is 1. The molecule has 2 rings (SSSR count). The van der Waals surface area contributed by atoms with Crippen LogP contribution < -0.4 is 5.32 Å². The van der Waals surface area contributed by atoms with E-state index in [-0.39, 0.29) is 19.0 Å². The lowest BCUT2D eigenvalue weighted by atomic mass is 10.2. The summed E-state index contributed by atoms with van der Waals surface area (Å²) in [6, 6.07) is 5.36. The highest BCUT2D eigenvalue weighted by Crippen LogP contribution is 2.09. The van der Waals surface area contributed by atoms with Crippen LogP contribution in [-0.2, 0) is 21.4 Å². The maximum atomic E-state index is 11.8. The van der Waals surface area contributed by atoms with Crippen molar-refractivity contribution in [3.8, 4) is 5.82 Å². The lowest BCUT2D eigenvalue weighted by molar-refractivity contribution is -0.121. The van der Waals surface area contributed by atoms with Gasteiger partial charge in [-0.25, -0.2) is 18.1 Å². The summed E-state index contributed by atoms with van der Waals surface area (Å²) < 4.78 is 25.1. The molecule has 0 aliphatic rings. The molecule has 0 saturated heterocycles. The third kappa shape index (κ3) is 4.12. The van der Waals surface area contributed by atoms with E-state index in [9.17, 15) is 13.2 Å². The zero-order chi connectivity index (χ0) is 16.2. The predicted octanol–water partition coefficient (Wildman–Crippen LogP) is -0.225. The third-order valence-corrected chi connectivity index (χ3v) is 4.26. The molecule has 9 heteroatoms. The van der Waals surface area contributed by atoms with Gasteiger partial charge in [0, 0.05) is 37.7 Å². The van der Waals surface area contributed by atoms with E-state index in [4.69, 9.17) is 0 Å². The first-order chi connectivity index (χ1) is 10.4. The van der Waals surface area contributed by atoms with Crippen molar-refractivity contribution in [3.63, 3.8) is 0 Å². The van der Waals surface area contributed by atoms with Crippen LogP contribution in [0.2, 0.25) is 0 Å². The molecule has 2 heterocycles. The Morgan fingerprint density at radius 2 is 2.14 bits per heavy atom. The number of amides is 1. The monoisotopic (exact) mass is 323 g/mol. The zero-order valence-electron chi connectivity index (χ0n) is 12.3. The molecule has 8 nitrogen and oxygen atoms in total. The Kier molecular flexibility index (Phi) is 4.88. The Labute approximate surface area is 128 Å². The van der Waals surface area contributed by atoms with E-state index in [2.05, 4.69) is 15.4 Å². The van der Waals surface area contributed by atoms with Crippen molar-refractivity contribution in [1.82, 2.24) is 24.4 Å². The highest BCUT2D eigenvalue weighted by atomic mass is 32.2. The molecule has 0 fully saturated rings. The summed E-state index contributed by atoms with van der Waals surface area (Å²) in [6.45, 7) is 0.00959. The van der Waals surface area contributed by atoms with Gasteiger partial charge in [-0.15, -0.1) is 0 Å². The normalized spacial score (nSPS) is 11.6. The fourth-order valence-electron chi connectivity index (χ4n) is 1.74. The van der Waals surface area contributed by atoms with Gasteiger partial charge in [0.05, 0.1) is 12.8 Å². The average molecular weight is 323 g/mol. The minimum atomic E-state index is -3.38. The largest absolute Gasteiger partial charge is 0.351 e. The molecule has 118 valence electrons. The molecule has 0 atom stereocenters. The van der Waals surface area contributed by atoms with E-state index in [1.807, 2.05) is 6.07 Å². The maximum Gasteiger partial charge on any atom is 0.235 e. The summed E-state index contributed by atoms with van der Waals surface area (Å²) in [6.07, 6.45) is 6.08. The van der Waals surface area contributed by atoms with E-state index in [0.717, 1.165) is 16.1 Å². The number of aromatic nitrogens is 3. The van der Waals surface area contributed by atoms with E-state index in [1.165, 1.54) is 7.05 Å². The summed E-state index contributed by atoms with van der Waals surface area (Å²) in [5.74, 6) is 0.229. The number of sulfonamides is 1. The van der Waals surface area contributed by atoms with Gasteiger partial charge in [0.25, 0.3) is 0 Å². The first-order valence-electron chi connectivity index (χ1n) is 6.50. The van der Waals surface area contributed by atoms with Gasteiger partial charge in [0.1, 0.15) is 0 Å². The van der Waals surface area contributed by atoms with Gasteiger partial charge in [0.15, 0.2) is 5.82 Å². The molecule has 0 spiro atoms. The molecular formula is C13H17N5O3S. The Bertz CT molecular complexity index is 743. The standard InChI is InChI=1S/C13H17N5O3S/c1-17(22(2,20)21)10-12(19)15-9-11-5-3-6-14-13(11)18-8-4-7-16-18/h3-8H,9-10H2,1-2H3,(H,15,19). The van der Waals surface area contributed by atoms with Crippen LogP contribution in [0.4, 0.5) is 0 Å². The van der Waals surface area contributed by atoms with Gasteiger partial charge >= 0.3 is 0 Å². The molecule has 0 unspecified atom stereocenters. The van der Waals surface area contributed by atoms with E-state index >= 15 is 0 Å². The molecule has 0 aromatic carbocycles. The van der Waals surface area contributed by atoms with E-state index in [1.54, 1.807) is 35.4 Å². The lowest BCUT2D eigenvalue weighted by Gasteiger charge is -2.14. The van der Waals surface area contributed by atoms with Gasteiger partial charge in [-0.2, -0.15) is 9.40 Å². The lowest BCUT2D eigenvalue weighted by Crippen LogP contribution is -2.37. The van der Waals surface area contributed by atoms with E-state index in [0.29, 0.717) is 5.82 Å². The Balaban J connectivity index is 2.02. The van der Waals surface area contributed by atoms with Crippen molar-refractivity contribution in [1.29, 1.82) is 0 Å². The number of likely N-dealkylation sites (N-methyl/N-ethyl adjacent to an activating group) is 1. The van der Waals surface area contributed by atoms with Crippen molar-refractivity contribution in [2.24, 2.45) is 0 Å². The van der Waals surface area contributed by atoms with Gasteiger partial charge in [-0.1, -0.05) is 6.07 Å². The quantitative estimate of drug-likeness (QED) is 0.792. The van der Waals surface area contributed by atoms with Gasteiger partial charge in [-0.05, 0) is 12.1 Å². The van der Waals surface area contributed by atoms with E-state index < -0.39 is 10.0 Å². The van der Waals surface area contributed by atoms with Crippen molar-refractivity contribution in [2.75, 3.05) is 19.8 Å². The molecule has 0 aliphatic heterocycles. The van der Waals surface area contributed by atoms with Gasteiger partial charge in [0.2, 0.25) is 15.9 Å². The van der Waals surface area contributed by atoms with Gasteiger partial charge in [-0.3, -0.25) is 4.79 Å². The second kappa shape index (κ2) is 6.67. The van der Waals surface area contributed by atoms with Crippen molar-refractivity contribution < 1.29 is 13.2 Å². The molecule has 22 heavy (non-hydrogen) atoms. The minimum Gasteiger partial charge on any atom is -0.351 e. The first-order valence-corrected chi connectivity index (χ1v) is 8.34. The Morgan fingerprint density at radius 1 is 1.36 bits per heavy atom. The molecular weight excluding hydrogens is 306 g/mol. The van der Waals surface area contributed by atoms with Crippen LogP contribution in [0.1, 0.15) is 5.56 Å². The topological polar surface area (TPSA) is 97.2 Å². The molecule has 0 saturated carbocycles. The Morgan fingerprint density at radius 3 is 2.77 bits per heavy atom. The number of rotatable bonds is 6. The van der Waals surface area contributed by atoms with Crippen LogP contribution in [0.3, 0.4) is 0 Å². The highest BCUT2D eigenvalue weighted by molar-refractivity contribution is 7.88. The number of carbonyl (C=O) groups excluding carboxylic acids is 1. The fraction of sp³-hybridized carbons (Fsp3) is 0.308. The third-order valence-electron chi connectivity index (χ3n) is 3.00. The number of pyridine rings is 1. The molecule has 2 aromatic rings. The second-order valence-electron chi connectivity index (χ2n) is 4.73. The van der Waals surface area contributed by atoms with Crippen molar-refractivity contribution in [2.45, 2.75) is 6.54 Å². The average Bonchev–Trinajstić information content (AvgIpc) is 2.98. The van der Waals surface area contributed by atoms with Crippen molar-refractivity contribution in [3.05, 3.63) is 42.4 Å². The summed E-state index contributed by atoms with van der Waals surface area (Å²) in [7, 11) is -2.02. The number of hydrogen-bond acceptors (Lipinski definition) is 5. The van der Waals surface area contributed by atoms with Crippen LogP contribution in [0, 0.1) is 0 Å². The first kappa shape index (κ1) is 16.1. The molecule has 0 radical (unpaired) electrons. The summed E-state index contributed by atoms with van der Waals surface area (Å²) in [5, 5.41) is 6.79. The number of nitrogens with zero attached hydrogens (tertiary/aromatic N) is 4. The summed E-state index contributed by atoms with van der Waals surface area (Å²) in [4.78, 5) is 16.1. The maximum absolute atomic E-state index is 11.8. The number of hydrogen-bond donors (Lipinski definition) is 1. The molecule has 2 aromatic heterocycles.